The molecule has 3 rings (SSSR count). The van der Waals surface area contributed by atoms with Gasteiger partial charge in [0, 0.05) is 33.8 Å². The lowest BCUT2D eigenvalue weighted by Crippen LogP contribution is -2.13. The molecule has 2 aromatic heterocycles. The lowest BCUT2D eigenvalue weighted by Gasteiger charge is -2.11. The molecule has 0 radical (unpaired) electrons. The van der Waals surface area contributed by atoms with Gasteiger partial charge in [-0.25, -0.2) is 0 Å². The molecule has 1 aromatic carbocycles. The third-order valence-electron chi connectivity index (χ3n) is 3.69. The van der Waals surface area contributed by atoms with Crippen molar-refractivity contribution in [2.75, 3.05) is 0 Å². The van der Waals surface area contributed by atoms with E-state index in [-0.39, 0.29) is 11.3 Å². The molecule has 130 valence electrons. The molecule has 0 saturated carbocycles. The van der Waals surface area contributed by atoms with E-state index >= 15 is 0 Å². The number of pyridine rings is 1. The lowest BCUT2D eigenvalue weighted by molar-refractivity contribution is -0.384. The second kappa shape index (κ2) is 7.29. The van der Waals surface area contributed by atoms with Gasteiger partial charge in [-0.2, -0.15) is 5.26 Å². The normalized spacial score (nSPS) is 10.5. The number of nitro groups is 1. The van der Waals surface area contributed by atoms with Crippen LogP contribution in [0.15, 0.2) is 56.8 Å². The van der Waals surface area contributed by atoms with E-state index in [0.717, 1.165) is 5.76 Å². The number of nitrogens with zero attached hydrogens (tertiary/aromatic N) is 2. The minimum Gasteiger partial charge on any atom is -0.468 e. The predicted molar refractivity (Wildman–Crippen MR) is 96.9 cm³/mol. The highest BCUT2D eigenvalue weighted by atomic mass is 32.2. The molecule has 0 aliphatic rings. The molecule has 0 saturated heterocycles. The van der Waals surface area contributed by atoms with Crippen LogP contribution in [0.5, 0.6) is 0 Å². The van der Waals surface area contributed by atoms with Crippen molar-refractivity contribution in [3.8, 4) is 17.2 Å². The zero-order valence-electron chi connectivity index (χ0n) is 13.7. The Balaban J connectivity index is 2.15. The first-order chi connectivity index (χ1) is 12.5. The molecule has 3 aromatic rings. The zero-order chi connectivity index (χ0) is 18.7. The van der Waals surface area contributed by atoms with E-state index in [2.05, 4.69) is 4.98 Å². The Morgan fingerprint density at radius 1 is 1.31 bits per heavy atom. The number of nitriles is 1. The summed E-state index contributed by atoms with van der Waals surface area (Å²) in [5.74, 6) is 1.27. The van der Waals surface area contributed by atoms with Crippen LogP contribution < -0.4 is 5.56 Å². The van der Waals surface area contributed by atoms with Gasteiger partial charge >= 0.3 is 0 Å². The smallest absolute Gasteiger partial charge is 0.270 e. The molecular formula is C18H13N3O4S. The van der Waals surface area contributed by atoms with Crippen molar-refractivity contribution in [3.63, 3.8) is 0 Å². The second-order valence-corrected chi connectivity index (χ2v) is 6.50. The number of nitrogens with one attached hydrogen (secondary N) is 1. The molecule has 0 atom stereocenters. The van der Waals surface area contributed by atoms with Crippen LogP contribution in [0.4, 0.5) is 5.69 Å². The number of hydrogen-bond donors (Lipinski definition) is 1. The highest BCUT2D eigenvalue weighted by Gasteiger charge is 2.18. The van der Waals surface area contributed by atoms with Gasteiger partial charge in [-0.1, -0.05) is 0 Å². The highest BCUT2D eigenvalue weighted by molar-refractivity contribution is 7.98. The first-order valence-electron chi connectivity index (χ1n) is 7.57. The minimum absolute atomic E-state index is 0.0732. The number of aromatic amines is 1. The van der Waals surface area contributed by atoms with Gasteiger partial charge < -0.3 is 9.40 Å². The number of furan rings is 1. The third kappa shape index (κ3) is 3.53. The summed E-state index contributed by atoms with van der Waals surface area (Å²) in [6, 6.07) is 11.6. The van der Waals surface area contributed by atoms with Crippen LogP contribution in [-0.4, -0.2) is 9.91 Å². The first-order valence-corrected chi connectivity index (χ1v) is 8.56. The lowest BCUT2D eigenvalue weighted by atomic mass is 10.0. The summed E-state index contributed by atoms with van der Waals surface area (Å²) >= 11 is 1.41. The van der Waals surface area contributed by atoms with Gasteiger partial charge in [0.15, 0.2) is 0 Å². The van der Waals surface area contributed by atoms with Crippen LogP contribution >= 0.6 is 11.8 Å². The molecule has 26 heavy (non-hydrogen) atoms. The largest absolute Gasteiger partial charge is 0.468 e. The fraction of sp³-hybridized carbons (Fsp3) is 0.111. The van der Waals surface area contributed by atoms with E-state index in [4.69, 9.17) is 4.42 Å². The van der Waals surface area contributed by atoms with E-state index in [9.17, 15) is 20.2 Å². The monoisotopic (exact) mass is 367 g/mol. The summed E-state index contributed by atoms with van der Waals surface area (Å²) in [6.45, 7) is 1.69. The molecular weight excluding hydrogens is 354 g/mol. The van der Waals surface area contributed by atoms with E-state index in [0.29, 0.717) is 27.5 Å². The molecule has 0 aliphatic carbocycles. The maximum Gasteiger partial charge on any atom is 0.270 e. The Bertz CT molecular complexity index is 1070. The van der Waals surface area contributed by atoms with Crippen LogP contribution in [0.1, 0.15) is 17.0 Å². The summed E-state index contributed by atoms with van der Waals surface area (Å²) in [6.07, 6.45) is 1.57. The SMILES string of the molecule is Cc1cc(-c2cc([N+](=O)[O-])ccc2SCc2ccco2)c(C#N)c(=O)[nH]1. The van der Waals surface area contributed by atoms with Crippen molar-refractivity contribution in [1.82, 2.24) is 4.98 Å². The maximum absolute atomic E-state index is 12.1. The third-order valence-corrected chi connectivity index (χ3v) is 4.79. The fourth-order valence-electron chi connectivity index (χ4n) is 2.52. The van der Waals surface area contributed by atoms with Crippen molar-refractivity contribution >= 4 is 17.4 Å². The summed E-state index contributed by atoms with van der Waals surface area (Å²) < 4.78 is 5.31. The number of rotatable bonds is 5. The summed E-state index contributed by atoms with van der Waals surface area (Å²) in [7, 11) is 0. The van der Waals surface area contributed by atoms with Crippen LogP contribution in [0.2, 0.25) is 0 Å². The van der Waals surface area contributed by atoms with Gasteiger partial charge in [-0.3, -0.25) is 14.9 Å². The number of aryl methyl sites for hydroxylation is 1. The second-order valence-electron chi connectivity index (χ2n) is 5.49. The molecule has 1 N–H and O–H groups in total. The van der Waals surface area contributed by atoms with Crippen molar-refractivity contribution in [2.24, 2.45) is 0 Å². The molecule has 8 heteroatoms. The van der Waals surface area contributed by atoms with Crippen LogP contribution in [0.25, 0.3) is 11.1 Å². The topological polar surface area (TPSA) is 113 Å². The molecule has 0 spiro atoms. The Morgan fingerprint density at radius 3 is 2.77 bits per heavy atom. The fourth-order valence-corrected chi connectivity index (χ4v) is 3.47. The Morgan fingerprint density at radius 2 is 2.12 bits per heavy atom. The van der Waals surface area contributed by atoms with Gasteiger partial charge in [0.25, 0.3) is 11.2 Å². The Hall–Kier alpha value is -3.31. The summed E-state index contributed by atoms with van der Waals surface area (Å²) in [5.41, 5.74) is 0.717. The van der Waals surface area contributed by atoms with Gasteiger partial charge in [-0.15, -0.1) is 11.8 Å². The number of non-ortho nitro benzene ring substituents is 1. The van der Waals surface area contributed by atoms with E-state index in [1.165, 1.54) is 23.9 Å². The quantitative estimate of drug-likeness (QED) is 0.414. The number of nitro benzene ring substituents is 1. The molecule has 2 heterocycles. The van der Waals surface area contributed by atoms with Gasteiger partial charge in [0.1, 0.15) is 17.4 Å². The number of benzene rings is 1. The highest BCUT2D eigenvalue weighted by Crippen LogP contribution is 2.37. The van der Waals surface area contributed by atoms with Crippen LogP contribution in [-0.2, 0) is 5.75 Å². The van der Waals surface area contributed by atoms with Gasteiger partial charge in [-0.05, 0) is 31.2 Å². The number of thioether (sulfide) groups is 1. The van der Waals surface area contributed by atoms with Gasteiger partial charge in [0.2, 0.25) is 0 Å². The minimum atomic E-state index is -0.518. The van der Waals surface area contributed by atoms with Crippen molar-refractivity contribution in [2.45, 2.75) is 17.6 Å². The molecule has 0 fully saturated rings. The van der Waals surface area contributed by atoms with E-state index < -0.39 is 10.5 Å². The molecule has 0 amide bonds. The van der Waals surface area contributed by atoms with E-state index in [1.807, 2.05) is 12.1 Å². The van der Waals surface area contributed by atoms with Crippen LogP contribution in [0, 0.1) is 28.4 Å². The first kappa shape index (κ1) is 17.5. The molecule has 7 nitrogen and oxygen atoms in total. The zero-order valence-corrected chi connectivity index (χ0v) is 14.5. The van der Waals surface area contributed by atoms with Gasteiger partial charge in [0.05, 0.1) is 16.9 Å². The van der Waals surface area contributed by atoms with Crippen molar-refractivity contribution in [1.29, 1.82) is 5.26 Å². The molecule has 0 unspecified atom stereocenters. The van der Waals surface area contributed by atoms with Crippen molar-refractivity contribution < 1.29 is 9.34 Å². The number of hydrogen-bond acceptors (Lipinski definition) is 6. The predicted octanol–water partition coefficient (Wildman–Crippen LogP) is 4.02. The average Bonchev–Trinajstić information content (AvgIpc) is 3.12. The number of H-pyrrole nitrogens is 1. The standard InChI is InChI=1S/C18H13N3O4S/c1-11-7-14(16(9-19)18(22)20-11)15-8-12(21(23)24)4-5-17(15)26-10-13-3-2-6-25-13/h2-8H,10H2,1H3,(H,20,22). The summed E-state index contributed by atoms with van der Waals surface area (Å²) in [4.78, 5) is 26.1. The maximum atomic E-state index is 12.1. The van der Waals surface area contributed by atoms with E-state index in [1.54, 1.807) is 31.4 Å². The molecule has 0 bridgehead atoms. The number of aromatic nitrogens is 1. The van der Waals surface area contributed by atoms with Crippen LogP contribution in [0.3, 0.4) is 0 Å². The van der Waals surface area contributed by atoms with Crippen molar-refractivity contribution in [3.05, 3.63) is 80.1 Å². The Labute approximate surface area is 152 Å². The Kier molecular flexibility index (Phi) is 4.91. The molecule has 0 aliphatic heterocycles. The average molecular weight is 367 g/mol. The summed E-state index contributed by atoms with van der Waals surface area (Å²) in [5, 5.41) is 20.6.